The summed E-state index contributed by atoms with van der Waals surface area (Å²) in [5, 5.41) is 3.52. The molecule has 122 valence electrons. The highest BCUT2D eigenvalue weighted by molar-refractivity contribution is 6.30. The Hall–Kier alpha value is -2.53. The summed E-state index contributed by atoms with van der Waals surface area (Å²) in [4.78, 5) is 28.4. The zero-order chi connectivity index (χ0) is 16.7. The van der Waals surface area contributed by atoms with E-state index in [1.807, 2.05) is 18.2 Å². The lowest BCUT2D eigenvalue weighted by Gasteiger charge is -2.37. The fraction of sp³-hybridized carbons (Fsp3) is 0.222. The molecule has 2 heterocycles. The maximum absolute atomic E-state index is 12.6. The lowest BCUT2D eigenvalue weighted by atomic mass is 10.1. The smallest absolute Gasteiger partial charge is 0.330 e. The number of urea groups is 1. The molecule has 2 aliphatic heterocycles. The van der Waals surface area contributed by atoms with Crippen molar-refractivity contribution in [3.63, 3.8) is 0 Å². The minimum atomic E-state index is -0.400. The fourth-order valence-corrected chi connectivity index (χ4v) is 3.48. The van der Waals surface area contributed by atoms with Crippen LogP contribution in [0.5, 0.6) is 0 Å². The zero-order valence-corrected chi connectivity index (χ0v) is 13.7. The molecule has 24 heavy (non-hydrogen) atoms. The molecule has 0 spiro atoms. The molecule has 1 N–H and O–H groups in total. The molecule has 6 heteroatoms. The van der Waals surface area contributed by atoms with E-state index in [1.165, 1.54) is 10.5 Å². The summed E-state index contributed by atoms with van der Waals surface area (Å²) < 4.78 is 0. The molecule has 4 rings (SSSR count). The van der Waals surface area contributed by atoms with E-state index in [0.29, 0.717) is 10.7 Å². The van der Waals surface area contributed by atoms with Gasteiger partial charge < -0.3 is 10.2 Å². The number of halogens is 1. The van der Waals surface area contributed by atoms with Crippen molar-refractivity contribution in [3.05, 3.63) is 59.1 Å². The molecule has 5 nitrogen and oxygen atoms in total. The van der Waals surface area contributed by atoms with Gasteiger partial charge in [-0.25, -0.2) is 9.69 Å². The average molecular weight is 342 g/mol. The summed E-state index contributed by atoms with van der Waals surface area (Å²) in [5.74, 6) is -0.213. The van der Waals surface area contributed by atoms with Crippen LogP contribution in [0.15, 0.2) is 48.5 Å². The van der Waals surface area contributed by atoms with Gasteiger partial charge in [0.1, 0.15) is 6.17 Å². The Kier molecular flexibility index (Phi) is 3.65. The summed E-state index contributed by atoms with van der Waals surface area (Å²) in [6, 6.07) is 14.4. The van der Waals surface area contributed by atoms with Gasteiger partial charge in [-0.05, 0) is 42.3 Å². The van der Waals surface area contributed by atoms with Crippen molar-refractivity contribution in [2.45, 2.75) is 19.0 Å². The first-order chi connectivity index (χ1) is 11.6. The van der Waals surface area contributed by atoms with Crippen molar-refractivity contribution >= 4 is 34.9 Å². The number of carbonyl (C=O) groups excluding carboxylic acids is 2. The summed E-state index contributed by atoms with van der Waals surface area (Å²) in [6.45, 7) is 0.804. The highest BCUT2D eigenvalue weighted by atomic mass is 35.5. The number of imide groups is 1. The van der Waals surface area contributed by atoms with Gasteiger partial charge in [-0.1, -0.05) is 29.8 Å². The number of hydrogen-bond acceptors (Lipinski definition) is 3. The lowest BCUT2D eigenvalue weighted by molar-refractivity contribution is -0.119. The number of hydrogen-bond donors (Lipinski definition) is 1. The van der Waals surface area contributed by atoms with E-state index in [9.17, 15) is 9.59 Å². The Balaban J connectivity index is 1.56. The number of nitrogens with one attached hydrogen (secondary N) is 1. The van der Waals surface area contributed by atoms with Crippen LogP contribution in [-0.2, 0) is 11.2 Å². The number of fused-ring (bicyclic) bond motifs is 1. The third-order valence-electron chi connectivity index (χ3n) is 4.49. The molecule has 1 fully saturated rings. The quantitative estimate of drug-likeness (QED) is 0.912. The summed E-state index contributed by atoms with van der Waals surface area (Å²) in [6.07, 6.45) is 0.859. The Morgan fingerprint density at radius 1 is 1.04 bits per heavy atom. The third-order valence-corrected chi connectivity index (χ3v) is 4.75. The summed E-state index contributed by atoms with van der Waals surface area (Å²) >= 11 is 5.87. The van der Waals surface area contributed by atoms with E-state index in [2.05, 4.69) is 16.3 Å². The van der Waals surface area contributed by atoms with Crippen molar-refractivity contribution in [2.75, 3.05) is 16.3 Å². The van der Waals surface area contributed by atoms with Crippen molar-refractivity contribution in [1.29, 1.82) is 0 Å². The van der Waals surface area contributed by atoms with Crippen LogP contribution in [0, 0.1) is 0 Å². The van der Waals surface area contributed by atoms with E-state index in [-0.39, 0.29) is 18.5 Å². The topological polar surface area (TPSA) is 52.7 Å². The highest BCUT2D eigenvalue weighted by Crippen LogP contribution is 2.31. The van der Waals surface area contributed by atoms with Crippen LogP contribution in [0.2, 0.25) is 5.02 Å². The number of anilines is 2. The van der Waals surface area contributed by atoms with E-state index in [4.69, 9.17) is 11.6 Å². The third kappa shape index (κ3) is 2.51. The Morgan fingerprint density at radius 2 is 1.79 bits per heavy atom. The number of carbonyl (C=O) groups is 2. The molecule has 2 aromatic carbocycles. The van der Waals surface area contributed by atoms with E-state index in [0.717, 1.165) is 18.7 Å². The monoisotopic (exact) mass is 341 g/mol. The van der Waals surface area contributed by atoms with Crippen LogP contribution >= 0.6 is 11.6 Å². The number of para-hydroxylation sites is 1. The minimum Gasteiger partial charge on any atom is -0.350 e. The van der Waals surface area contributed by atoms with Gasteiger partial charge in [-0.2, -0.15) is 0 Å². The molecule has 0 aliphatic carbocycles. The van der Waals surface area contributed by atoms with Gasteiger partial charge in [0.05, 0.1) is 12.1 Å². The first kappa shape index (κ1) is 15.0. The van der Waals surface area contributed by atoms with Crippen molar-refractivity contribution in [3.8, 4) is 0 Å². The number of benzene rings is 2. The highest BCUT2D eigenvalue weighted by Gasteiger charge is 2.37. The van der Waals surface area contributed by atoms with Gasteiger partial charge in [0.2, 0.25) is 5.91 Å². The zero-order valence-electron chi connectivity index (χ0n) is 12.9. The van der Waals surface area contributed by atoms with Gasteiger partial charge in [-0.3, -0.25) is 4.79 Å². The van der Waals surface area contributed by atoms with Crippen LogP contribution in [0.25, 0.3) is 0 Å². The second kappa shape index (κ2) is 5.83. The number of rotatable bonds is 2. The van der Waals surface area contributed by atoms with E-state index < -0.39 is 6.03 Å². The molecular weight excluding hydrogens is 326 g/mol. The largest absolute Gasteiger partial charge is 0.350 e. The maximum atomic E-state index is 12.6. The predicted molar refractivity (Wildman–Crippen MR) is 93.4 cm³/mol. The summed E-state index contributed by atoms with van der Waals surface area (Å²) in [5.41, 5.74) is 2.87. The first-order valence-electron chi connectivity index (χ1n) is 7.87. The number of amides is 3. The lowest BCUT2D eigenvalue weighted by Crippen LogP contribution is -2.60. The SMILES string of the molecule is O=C1CC(N2CCc3ccccc32)NC(=O)N1c1ccc(Cl)cc1. The van der Waals surface area contributed by atoms with Gasteiger partial charge in [0, 0.05) is 17.3 Å². The molecule has 0 radical (unpaired) electrons. The molecular formula is C18H16ClN3O2. The van der Waals surface area contributed by atoms with Crippen molar-refractivity contribution in [1.82, 2.24) is 5.32 Å². The Bertz CT molecular complexity index is 788. The van der Waals surface area contributed by atoms with Crippen LogP contribution in [0.4, 0.5) is 16.2 Å². The second-order valence-corrected chi connectivity index (χ2v) is 6.38. The fourth-order valence-electron chi connectivity index (χ4n) is 3.36. The van der Waals surface area contributed by atoms with Crippen LogP contribution < -0.4 is 15.1 Å². The molecule has 0 bridgehead atoms. The molecule has 1 atom stereocenters. The van der Waals surface area contributed by atoms with E-state index >= 15 is 0 Å². The Morgan fingerprint density at radius 3 is 2.54 bits per heavy atom. The average Bonchev–Trinajstić information content (AvgIpc) is 3.00. The molecule has 3 amide bonds. The van der Waals surface area contributed by atoms with Gasteiger partial charge in [-0.15, -0.1) is 0 Å². The molecule has 0 saturated carbocycles. The van der Waals surface area contributed by atoms with Gasteiger partial charge in [0.15, 0.2) is 0 Å². The first-order valence-corrected chi connectivity index (χ1v) is 8.25. The molecule has 1 unspecified atom stereocenters. The Labute approximate surface area is 144 Å². The van der Waals surface area contributed by atoms with Gasteiger partial charge in [0.25, 0.3) is 0 Å². The second-order valence-electron chi connectivity index (χ2n) is 5.95. The standard InChI is InChI=1S/C18H16ClN3O2/c19-13-5-7-14(8-6-13)22-17(23)11-16(20-18(22)24)21-10-9-12-3-1-2-4-15(12)21/h1-8,16H,9-11H2,(H,20,24). The van der Waals surface area contributed by atoms with Crippen LogP contribution in [-0.4, -0.2) is 24.6 Å². The van der Waals surface area contributed by atoms with E-state index in [1.54, 1.807) is 24.3 Å². The molecule has 2 aromatic rings. The molecule has 1 saturated heterocycles. The molecule has 0 aromatic heterocycles. The number of nitrogens with zero attached hydrogens (tertiary/aromatic N) is 2. The van der Waals surface area contributed by atoms with Crippen LogP contribution in [0.3, 0.4) is 0 Å². The molecule has 2 aliphatic rings. The van der Waals surface area contributed by atoms with Crippen molar-refractivity contribution < 1.29 is 9.59 Å². The maximum Gasteiger partial charge on any atom is 0.330 e. The minimum absolute atomic E-state index is 0.213. The van der Waals surface area contributed by atoms with Crippen LogP contribution in [0.1, 0.15) is 12.0 Å². The van der Waals surface area contributed by atoms with Gasteiger partial charge >= 0.3 is 6.03 Å². The predicted octanol–water partition coefficient (Wildman–Crippen LogP) is 3.18. The summed E-state index contributed by atoms with van der Waals surface area (Å²) in [7, 11) is 0. The normalized spacial score (nSPS) is 20.1. The van der Waals surface area contributed by atoms with Crippen molar-refractivity contribution in [2.24, 2.45) is 0 Å².